The number of carbonyl (C=O) groups is 1. The van der Waals surface area contributed by atoms with Gasteiger partial charge >= 0.3 is 5.97 Å². The predicted octanol–water partition coefficient (Wildman–Crippen LogP) is 1.56. The number of aromatic amines is 1. The summed E-state index contributed by atoms with van der Waals surface area (Å²) in [6.45, 7) is 3.98. The Kier molecular flexibility index (Phi) is 3.26. The molecule has 4 rings (SSSR count). The minimum absolute atomic E-state index is 0.363. The Labute approximate surface area is 138 Å². The second-order valence-corrected chi connectivity index (χ2v) is 5.64. The average Bonchev–Trinajstić information content (AvgIpc) is 3.07. The van der Waals surface area contributed by atoms with Gasteiger partial charge in [0, 0.05) is 23.2 Å². The van der Waals surface area contributed by atoms with Crippen LogP contribution in [0.3, 0.4) is 0 Å². The maximum absolute atomic E-state index is 12.4. The highest BCUT2D eigenvalue weighted by Crippen LogP contribution is 2.38. The van der Waals surface area contributed by atoms with Gasteiger partial charge in [0.2, 0.25) is 11.5 Å². The summed E-state index contributed by atoms with van der Waals surface area (Å²) in [6.07, 6.45) is 3.33. The van der Waals surface area contributed by atoms with E-state index in [0.717, 1.165) is 16.5 Å². The molecular formula is C17H16N5O2+. The van der Waals surface area contributed by atoms with Crippen molar-refractivity contribution < 1.29 is 14.5 Å². The van der Waals surface area contributed by atoms with E-state index >= 15 is 0 Å². The van der Waals surface area contributed by atoms with Crippen LogP contribution in [0.25, 0.3) is 10.9 Å². The van der Waals surface area contributed by atoms with Gasteiger partial charge in [-0.05, 0) is 17.7 Å². The number of rotatable bonds is 2. The first kappa shape index (κ1) is 14.4. The molecule has 0 saturated carbocycles. The average molecular weight is 322 g/mol. The highest BCUT2D eigenvalue weighted by Gasteiger charge is 2.40. The van der Waals surface area contributed by atoms with Crippen LogP contribution in [0.4, 0.5) is 5.95 Å². The number of ether oxygens (including phenoxy) is 1. The zero-order chi connectivity index (χ0) is 16.7. The molecule has 0 saturated heterocycles. The largest absolute Gasteiger partial charge is 0.468 e. The fraction of sp³-hybridized carbons (Fsp3) is 0.176. The minimum Gasteiger partial charge on any atom is -0.468 e. The van der Waals surface area contributed by atoms with Crippen molar-refractivity contribution in [3.63, 3.8) is 0 Å². The summed E-state index contributed by atoms with van der Waals surface area (Å²) < 4.78 is 6.68. The van der Waals surface area contributed by atoms with E-state index in [-0.39, 0.29) is 12.0 Å². The van der Waals surface area contributed by atoms with Gasteiger partial charge in [0.25, 0.3) is 0 Å². The SMILES string of the molecule is C=C1Nc2ncnn2C(c2ccc3[nH+]cccc3c2)C1C(=O)OC. The molecule has 0 aliphatic carbocycles. The minimum atomic E-state index is -0.589. The quantitative estimate of drug-likeness (QED) is 0.724. The first-order valence-electron chi connectivity index (χ1n) is 7.52. The molecule has 1 aromatic carbocycles. The lowest BCUT2D eigenvalue weighted by atomic mass is 9.88. The van der Waals surface area contributed by atoms with Crippen LogP contribution in [0.15, 0.2) is 55.1 Å². The van der Waals surface area contributed by atoms with Gasteiger partial charge in [-0.25, -0.2) is 9.67 Å². The van der Waals surface area contributed by atoms with Gasteiger partial charge in [0.15, 0.2) is 6.20 Å². The maximum Gasteiger partial charge on any atom is 0.317 e. The van der Waals surface area contributed by atoms with Crippen LogP contribution in [0.1, 0.15) is 11.6 Å². The van der Waals surface area contributed by atoms with E-state index in [9.17, 15) is 4.79 Å². The highest BCUT2D eigenvalue weighted by atomic mass is 16.5. The summed E-state index contributed by atoms with van der Waals surface area (Å²) in [7, 11) is 1.37. The molecule has 1 aliphatic heterocycles. The summed E-state index contributed by atoms with van der Waals surface area (Å²) in [5.41, 5.74) is 2.50. The Morgan fingerprint density at radius 1 is 1.42 bits per heavy atom. The number of hydrogen-bond acceptors (Lipinski definition) is 5. The summed E-state index contributed by atoms with van der Waals surface area (Å²) >= 11 is 0. The van der Waals surface area contributed by atoms with Crippen molar-refractivity contribution in [2.45, 2.75) is 6.04 Å². The van der Waals surface area contributed by atoms with E-state index < -0.39 is 5.92 Å². The third-order valence-corrected chi connectivity index (χ3v) is 4.28. The summed E-state index contributed by atoms with van der Waals surface area (Å²) in [6, 6.07) is 9.58. The number of benzene rings is 1. The molecule has 120 valence electrons. The Morgan fingerprint density at radius 2 is 2.29 bits per heavy atom. The molecule has 0 radical (unpaired) electrons. The van der Waals surface area contributed by atoms with Gasteiger partial charge in [-0.3, -0.25) is 4.79 Å². The smallest absolute Gasteiger partial charge is 0.317 e. The fourth-order valence-corrected chi connectivity index (χ4v) is 3.15. The molecule has 0 spiro atoms. The Bertz CT molecular complexity index is 949. The van der Waals surface area contributed by atoms with Crippen LogP contribution >= 0.6 is 0 Å². The molecule has 2 aromatic heterocycles. The lowest BCUT2D eigenvalue weighted by molar-refractivity contribution is -0.344. The first-order valence-corrected chi connectivity index (χ1v) is 7.52. The number of anilines is 1. The second kappa shape index (κ2) is 5.45. The number of H-pyrrole nitrogens is 1. The number of fused-ring (bicyclic) bond motifs is 2. The van der Waals surface area contributed by atoms with Crippen molar-refractivity contribution in [2.75, 3.05) is 12.4 Å². The lowest BCUT2D eigenvalue weighted by Crippen LogP contribution is -2.37. The van der Waals surface area contributed by atoms with Crippen LogP contribution in [0.2, 0.25) is 0 Å². The van der Waals surface area contributed by atoms with E-state index in [1.807, 2.05) is 36.5 Å². The van der Waals surface area contributed by atoms with E-state index in [1.54, 1.807) is 4.68 Å². The van der Waals surface area contributed by atoms with Crippen LogP contribution in [0.5, 0.6) is 0 Å². The zero-order valence-corrected chi connectivity index (χ0v) is 13.1. The lowest BCUT2D eigenvalue weighted by Gasteiger charge is -2.32. The molecule has 0 amide bonds. The molecule has 2 N–H and O–H groups in total. The van der Waals surface area contributed by atoms with Gasteiger partial charge in [0.05, 0.1) is 13.2 Å². The molecule has 2 atom stereocenters. The van der Waals surface area contributed by atoms with Gasteiger partial charge in [0.1, 0.15) is 12.2 Å². The van der Waals surface area contributed by atoms with Crippen LogP contribution in [-0.2, 0) is 9.53 Å². The molecule has 7 heteroatoms. The number of nitrogens with one attached hydrogen (secondary N) is 2. The topological polar surface area (TPSA) is 83.2 Å². The normalized spacial score (nSPS) is 19.6. The van der Waals surface area contributed by atoms with E-state index in [2.05, 4.69) is 27.0 Å². The van der Waals surface area contributed by atoms with Gasteiger partial charge in [-0.15, -0.1) is 0 Å². The maximum atomic E-state index is 12.4. The van der Waals surface area contributed by atoms with Crippen molar-refractivity contribution in [1.82, 2.24) is 14.8 Å². The summed E-state index contributed by atoms with van der Waals surface area (Å²) in [4.78, 5) is 19.7. The number of pyridine rings is 1. The van der Waals surface area contributed by atoms with Crippen molar-refractivity contribution in [1.29, 1.82) is 0 Å². The molecule has 3 aromatic rings. The Balaban J connectivity index is 1.90. The van der Waals surface area contributed by atoms with Crippen LogP contribution < -0.4 is 10.3 Å². The highest BCUT2D eigenvalue weighted by molar-refractivity contribution is 5.80. The van der Waals surface area contributed by atoms with Crippen molar-refractivity contribution in [3.05, 3.63) is 60.7 Å². The molecule has 2 unspecified atom stereocenters. The van der Waals surface area contributed by atoms with Crippen molar-refractivity contribution in [2.24, 2.45) is 5.92 Å². The van der Waals surface area contributed by atoms with Gasteiger partial charge in [-0.1, -0.05) is 12.6 Å². The van der Waals surface area contributed by atoms with Crippen LogP contribution in [0, 0.1) is 5.92 Å². The monoisotopic (exact) mass is 322 g/mol. The predicted molar refractivity (Wildman–Crippen MR) is 86.9 cm³/mol. The number of hydrogen-bond donors (Lipinski definition) is 1. The van der Waals surface area contributed by atoms with E-state index in [4.69, 9.17) is 4.74 Å². The molecule has 0 bridgehead atoms. The molecule has 3 heterocycles. The van der Waals surface area contributed by atoms with Gasteiger partial charge < -0.3 is 10.1 Å². The number of methoxy groups -OCH3 is 1. The molecule has 1 aliphatic rings. The standard InChI is InChI=1S/C17H15N5O2/c1-10-14(16(23)24-2)15(22-17(21-10)19-9-20-22)12-5-6-13-11(8-12)4-3-7-18-13/h3-9,14-15H,1H2,2H3,(H,19,20,21)/p+1. The summed E-state index contributed by atoms with van der Waals surface area (Å²) in [5, 5.41) is 8.36. The molecule has 7 nitrogen and oxygen atoms in total. The number of esters is 1. The van der Waals surface area contributed by atoms with E-state index in [0.29, 0.717) is 11.6 Å². The van der Waals surface area contributed by atoms with Crippen LogP contribution in [-0.4, -0.2) is 27.8 Å². The van der Waals surface area contributed by atoms with Crippen molar-refractivity contribution >= 4 is 22.8 Å². The Hall–Kier alpha value is -3.22. The Morgan fingerprint density at radius 3 is 3.12 bits per heavy atom. The van der Waals surface area contributed by atoms with Crippen molar-refractivity contribution in [3.8, 4) is 0 Å². The first-order chi connectivity index (χ1) is 11.7. The number of aromatic nitrogens is 4. The third-order valence-electron chi connectivity index (χ3n) is 4.28. The van der Waals surface area contributed by atoms with Gasteiger partial charge in [-0.2, -0.15) is 10.1 Å². The third kappa shape index (κ3) is 2.13. The molecular weight excluding hydrogens is 306 g/mol. The molecule has 24 heavy (non-hydrogen) atoms. The number of carbonyl (C=O) groups excluding carboxylic acids is 1. The number of nitrogens with zero attached hydrogens (tertiary/aromatic N) is 3. The van der Waals surface area contributed by atoms with E-state index in [1.165, 1.54) is 13.4 Å². The summed E-state index contributed by atoms with van der Waals surface area (Å²) in [5.74, 6) is -0.391. The second-order valence-electron chi connectivity index (χ2n) is 5.64. The zero-order valence-electron chi connectivity index (χ0n) is 13.1. The molecule has 0 fully saturated rings. The fourth-order valence-electron chi connectivity index (χ4n) is 3.15.